The molecular weight excluding hydrogens is 187 g/mol. The third kappa shape index (κ3) is 4.13. The molecule has 0 aromatic carbocycles. The quantitative estimate of drug-likeness (QED) is 0.665. The van der Waals surface area contributed by atoms with Crippen LogP contribution in [0.2, 0.25) is 0 Å². The minimum absolute atomic E-state index is 0. The van der Waals surface area contributed by atoms with E-state index in [1.54, 1.807) is 7.11 Å². The molecule has 1 fully saturated rings. The molecule has 70 valence electrons. The Morgan fingerprint density at radius 3 is 2.45 bits per heavy atom. The van der Waals surface area contributed by atoms with Crippen LogP contribution in [0.25, 0.3) is 0 Å². The normalized spacial score (nSPS) is 25.1. The van der Waals surface area contributed by atoms with Gasteiger partial charge >= 0.3 is 0 Å². The van der Waals surface area contributed by atoms with Crippen molar-refractivity contribution in [1.82, 2.24) is 10.2 Å². The van der Waals surface area contributed by atoms with E-state index in [1.807, 2.05) is 0 Å². The topological polar surface area (TPSA) is 24.5 Å². The van der Waals surface area contributed by atoms with E-state index in [0.29, 0.717) is 0 Å². The van der Waals surface area contributed by atoms with E-state index in [9.17, 15) is 0 Å². The first kappa shape index (κ1) is 14.0. The minimum atomic E-state index is 0. The molecule has 1 aliphatic heterocycles. The summed E-state index contributed by atoms with van der Waals surface area (Å²) >= 11 is 0. The summed E-state index contributed by atoms with van der Waals surface area (Å²) in [6, 6.07) is 0. The predicted octanol–water partition coefficient (Wildman–Crippen LogP) is 0.337. The van der Waals surface area contributed by atoms with Crippen molar-refractivity contribution in [3.63, 3.8) is 0 Å². The van der Waals surface area contributed by atoms with Gasteiger partial charge < -0.3 is 10.1 Å². The smallest absolute Gasteiger partial charge is 0.122 e. The molecule has 0 radical (unpaired) electrons. The van der Waals surface area contributed by atoms with Gasteiger partial charge in [0.05, 0.1) is 0 Å². The van der Waals surface area contributed by atoms with Crippen LogP contribution in [0.5, 0.6) is 0 Å². The summed E-state index contributed by atoms with van der Waals surface area (Å²) in [4.78, 5) is 2.20. The van der Waals surface area contributed by atoms with Gasteiger partial charge in [-0.3, -0.25) is 4.90 Å². The summed E-state index contributed by atoms with van der Waals surface area (Å²) in [5.41, 5.74) is 0. The number of ether oxygens (including phenoxy) is 1. The number of hydrogen-bond donors (Lipinski definition) is 1. The SMILES string of the molecule is CO[C@@H]1CNCCN1C.Cl.Cl. The fourth-order valence-electron chi connectivity index (χ4n) is 1.04. The highest BCUT2D eigenvalue weighted by molar-refractivity contribution is 5.85. The Labute approximate surface area is 80.3 Å². The van der Waals surface area contributed by atoms with Crippen molar-refractivity contribution in [2.24, 2.45) is 0 Å². The van der Waals surface area contributed by atoms with Gasteiger partial charge in [0.25, 0.3) is 0 Å². The molecule has 1 aliphatic rings. The highest BCUT2D eigenvalue weighted by atomic mass is 35.5. The van der Waals surface area contributed by atoms with Gasteiger partial charge in [-0.2, -0.15) is 0 Å². The number of halogens is 2. The second-order valence-electron chi connectivity index (χ2n) is 2.38. The molecule has 0 spiro atoms. The minimum Gasteiger partial charge on any atom is -0.365 e. The highest BCUT2D eigenvalue weighted by Crippen LogP contribution is 1.98. The summed E-state index contributed by atoms with van der Waals surface area (Å²) in [5.74, 6) is 0. The van der Waals surface area contributed by atoms with Crippen molar-refractivity contribution in [3.05, 3.63) is 0 Å². The lowest BCUT2D eigenvalue weighted by Crippen LogP contribution is -2.49. The van der Waals surface area contributed by atoms with Gasteiger partial charge in [-0.25, -0.2) is 0 Å². The lowest BCUT2D eigenvalue weighted by Gasteiger charge is -2.31. The second kappa shape index (κ2) is 7.13. The summed E-state index contributed by atoms with van der Waals surface area (Å²) in [7, 11) is 3.82. The number of nitrogens with one attached hydrogen (secondary N) is 1. The van der Waals surface area contributed by atoms with Gasteiger partial charge in [0, 0.05) is 26.7 Å². The predicted molar refractivity (Wildman–Crippen MR) is 50.8 cm³/mol. The van der Waals surface area contributed by atoms with Crippen LogP contribution in [0.3, 0.4) is 0 Å². The largest absolute Gasteiger partial charge is 0.365 e. The molecule has 0 bridgehead atoms. The van der Waals surface area contributed by atoms with Crippen molar-refractivity contribution in [1.29, 1.82) is 0 Å². The van der Waals surface area contributed by atoms with Crippen LogP contribution in [0, 0.1) is 0 Å². The maximum atomic E-state index is 5.17. The number of hydrogen-bond acceptors (Lipinski definition) is 3. The molecule has 1 atom stereocenters. The number of likely N-dealkylation sites (N-methyl/N-ethyl adjacent to an activating group) is 1. The zero-order valence-electron chi connectivity index (χ0n) is 6.87. The third-order valence-corrected chi connectivity index (χ3v) is 1.72. The van der Waals surface area contributed by atoms with E-state index in [1.165, 1.54) is 0 Å². The Morgan fingerprint density at radius 1 is 1.45 bits per heavy atom. The Bertz CT molecular complexity index is 94.7. The first-order valence-corrected chi connectivity index (χ1v) is 3.28. The maximum absolute atomic E-state index is 5.17. The van der Waals surface area contributed by atoms with Crippen LogP contribution in [-0.2, 0) is 4.74 Å². The Balaban J connectivity index is 0. The van der Waals surface area contributed by atoms with E-state index in [4.69, 9.17) is 4.74 Å². The van der Waals surface area contributed by atoms with E-state index < -0.39 is 0 Å². The number of methoxy groups -OCH3 is 1. The van der Waals surface area contributed by atoms with Crippen LogP contribution in [0.4, 0.5) is 0 Å². The molecular formula is C6H16Cl2N2O. The Morgan fingerprint density at radius 2 is 2.09 bits per heavy atom. The first-order valence-electron chi connectivity index (χ1n) is 3.28. The standard InChI is InChI=1S/C6H14N2O.2ClH/c1-8-4-3-7-5-6(8)9-2;;/h6-7H,3-5H2,1-2H3;2*1H/t6-;;/m1../s1. The molecule has 0 aromatic heterocycles. The van der Waals surface area contributed by atoms with Gasteiger partial charge in [0.15, 0.2) is 0 Å². The fourth-order valence-corrected chi connectivity index (χ4v) is 1.04. The maximum Gasteiger partial charge on any atom is 0.122 e. The molecule has 1 saturated heterocycles. The zero-order valence-corrected chi connectivity index (χ0v) is 8.50. The molecule has 0 amide bonds. The molecule has 0 saturated carbocycles. The lowest BCUT2D eigenvalue weighted by molar-refractivity contribution is -0.0304. The molecule has 11 heavy (non-hydrogen) atoms. The summed E-state index contributed by atoms with van der Waals surface area (Å²) in [6.07, 6.45) is 0.277. The van der Waals surface area contributed by atoms with Crippen LogP contribution >= 0.6 is 24.8 Å². The van der Waals surface area contributed by atoms with E-state index in [-0.39, 0.29) is 31.0 Å². The van der Waals surface area contributed by atoms with Gasteiger partial charge in [0.1, 0.15) is 6.23 Å². The van der Waals surface area contributed by atoms with Gasteiger partial charge in [-0.15, -0.1) is 24.8 Å². The lowest BCUT2D eigenvalue weighted by atomic mass is 10.4. The summed E-state index contributed by atoms with van der Waals surface area (Å²) in [5, 5.41) is 3.25. The monoisotopic (exact) mass is 202 g/mol. The summed E-state index contributed by atoms with van der Waals surface area (Å²) in [6.45, 7) is 3.11. The highest BCUT2D eigenvalue weighted by Gasteiger charge is 2.16. The van der Waals surface area contributed by atoms with E-state index >= 15 is 0 Å². The molecule has 0 aromatic rings. The zero-order chi connectivity index (χ0) is 6.69. The van der Waals surface area contributed by atoms with Crippen LogP contribution in [0.1, 0.15) is 0 Å². The van der Waals surface area contributed by atoms with Gasteiger partial charge in [0.2, 0.25) is 0 Å². The third-order valence-electron chi connectivity index (χ3n) is 1.72. The number of nitrogens with zero attached hydrogens (tertiary/aromatic N) is 1. The first-order chi connectivity index (χ1) is 4.34. The number of piperazine rings is 1. The Hall–Kier alpha value is 0.460. The van der Waals surface area contributed by atoms with Crippen molar-refractivity contribution in [2.45, 2.75) is 6.23 Å². The Kier molecular flexibility index (Phi) is 9.08. The van der Waals surface area contributed by atoms with Crippen molar-refractivity contribution in [2.75, 3.05) is 33.8 Å². The van der Waals surface area contributed by atoms with Crippen LogP contribution in [-0.4, -0.2) is 44.9 Å². The van der Waals surface area contributed by atoms with Crippen molar-refractivity contribution >= 4 is 24.8 Å². The molecule has 1 N–H and O–H groups in total. The average molecular weight is 203 g/mol. The molecule has 1 heterocycles. The molecule has 5 heteroatoms. The van der Waals surface area contributed by atoms with Crippen molar-refractivity contribution in [3.8, 4) is 0 Å². The van der Waals surface area contributed by atoms with Gasteiger partial charge in [-0.1, -0.05) is 0 Å². The van der Waals surface area contributed by atoms with Gasteiger partial charge in [-0.05, 0) is 7.05 Å². The molecule has 3 nitrogen and oxygen atoms in total. The fraction of sp³-hybridized carbons (Fsp3) is 1.00. The van der Waals surface area contributed by atoms with Crippen LogP contribution in [0.15, 0.2) is 0 Å². The van der Waals surface area contributed by atoms with Crippen molar-refractivity contribution < 1.29 is 4.74 Å². The molecule has 1 rings (SSSR count). The average Bonchev–Trinajstić information content (AvgIpc) is 1.89. The molecule has 0 aliphatic carbocycles. The van der Waals surface area contributed by atoms with E-state index in [0.717, 1.165) is 19.6 Å². The van der Waals surface area contributed by atoms with E-state index in [2.05, 4.69) is 17.3 Å². The van der Waals surface area contributed by atoms with Crippen LogP contribution < -0.4 is 5.32 Å². The second-order valence-corrected chi connectivity index (χ2v) is 2.38. The summed E-state index contributed by atoms with van der Waals surface area (Å²) < 4.78 is 5.17. The molecule has 0 unspecified atom stereocenters. The number of rotatable bonds is 1.